The van der Waals surface area contributed by atoms with Gasteiger partial charge in [-0.25, -0.2) is 4.79 Å². The van der Waals surface area contributed by atoms with Gasteiger partial charge in [-0.2, -0.15) is 4.39 Å². The second-order valence-electron chi connectivity index (χ2n) is 2.96. The highest BCUT2D eigenvalue weighted by molar-refractivity contribution is 5.88. The summed E-state index contributed by atoms with van der Waals surface area (Å²) in [5.74, 6) is -2.03. The molecule has 1 aromatic rings. The van der Waals surface area contributed by atoms with Crippen LogP contribution < -0.4 is 9.47 Å². The van der Waals surface area contributed by atoms with Crippen LogP contribution in [-0.2, 0) is 0 Å². The maximum absolute atomic E-state index is 13.6. The lowest BCUT2D eigenvalue weighted by molar-refractivity contribution is 0.0695. The molecule has 0 saturated heterocycles. The highest BCUT2D eigenvalue weighted by atomic mass is 19.1. The van der Waals surface area contributed by atoms with E-state index in [1.165, 1.54) is 0 Å². The highest BCUT2D eigenvalue weighted by Gasteiger charge is 2.16. The summed E-state index contributed by atoms with van der Waals surface area (Å²) in [7, 11) is 0. The quantitative estimate of drug-likeness (QED) is 0.840. The molecular weight excluding hydrogens is 215 g/mol. The number of benzene rings is 1. The highest BCUT2D eigenvalue weighted by Crippen LogP contribution is 2.29. The Hall–Kier alpha value is -1.78. The Bertz CT molecular complexity index is 363. The first-order chi connectivity index (χ1) is 7.60. The summed E-state index contributed by atoms with van der Waals surface area (Å²) in [5.41, 5.74) is -0.0618. The molecule has 0 radical (unpaired) electrons. The van der Waals surface area contributed by atoms with Gasteiger partial charge in [0, 0.05) is 0 Å². The molecule has 0 unspecified atom stereocenters. The summed E-state index contributed by atoms with van der Waals surface area (Å²) in [6.07, 6.45) is 0. The number of carbonyl (C=O) groups is 1. The molecule has 0 aromatic heterocycles. The van der Waals surface area contributed by atoms with Crippen LogP contribution in [0.3, 0.4) is 0 Å². The van der Waals surface area contributed by atoms with Crippen molar-refractivity contribution in [3.8, 4) is 11.5 Å². The molecule has 0 spiro atoms. The zero-order chi connectivity index (χ0) is 12.1. The van der Waals surface area contributed by atoms with Crippen molar-refractivity contribution >= 4 is 5.97 Å². The third-order valence-electron chi connectivity index (χ3n) is 1.85. The molecule has 0 aliphatic heterocycles. The second kappa shape index (κ2) is 5.34. The lowest BCUT2D eigenvalue weighted by atomic mass is 10.2. The minimum atomic E-state index is -1.15. The number of hydrogen-bond donors (Lipinski definition) is 1. The number of rotatable bonds is 5. The second-order valence-corrected chi connectivity index (χ2v) is 2.96. The zero-order valence-corrected chi connectivity index (χ0v) is 9.12. The van der Waals surface area contributed by atoms with Gasteiger partial charge in [0.05, 0.1) is 18.8 Å². The van der Waals surface area contributed by atoms with E-state index >= 15 is 0 Å². The number of halogens is 1. The van der Waals surface area contributed by atoms with Crippen molar-refractivity contribution in [3.05, 3.63) is 23.5 Å². The maximum atomic E-state index is 13.6. The van der Waals surface area contributed by atoms with Crippen molar-refractivity contribution < 1.29 is 23.8 Å². The topological polar surface area (TPSA) is 55.8 Å². The summed E-state index contributed by atoms with van der Waals surface area (Å²) in [4.78, 5) is 10.8. The van der Waals surface area contributed by atoms with Gasteiger partial charge in [0.25, 0.3) is 0 Å². The van der Waals surface area contributed by atoms with Crippen LogP contribution in [0.5, 0.6) is 11.5 Å². The summed E-state index contributed by atoms with van der Waals surface area (Å²) >= 11 is 0. The van der Waals surface area contributed by atoms with Crippen molar-refractivity contribution in [2.24, 2.45) is 0 Å². The van der Waals surface area contributed by atoms with E-state index in [9.17, 15) is 9.18 Å². The fraction of sp³-hybridized carbons (Fsp3) is 0.364. The molecule has 0 atom stereocenters. The molecule has 4 nitrogen and oxygen atoms in total. The molecule has 0 amide bonds. The number of ether oxygens (including phenoxy) is 2. The summed E-state index contributed by atoms with van der Waals surface area (Å²) in [6, 6.07) is 2.29. The van der Waals surface area contributed by atoms with E-state index in [1.807, 2.05) is 0 Å². The molecule has 1 N–H and O–H groups in total. The van der Waals surface area contributed by atoms with Crippen LogP contribution in [-0.4, -0.2) is 24.3 Å². The standard InChI is InChI=1S/C11H13FO4/c1-3-15-8-5-7(11(13)14)6-9(10(8)12)16-4-2/h5-6H,3-4H2,1-2H3,(H,13,14). The SMILES string of the molecule is CCOc1cc(C(=O)O)cc(OCC)c1F. The molecule has 1 rings (SSSR count). The van der Waals surface area contributed by atoms with E-state index in [0.29, 0.717) is 0 Å². The Morgan fingerprint density at radius 1 is 1.25 bits per heavy atom. The van der Waals surface area contributed by atoms with Crippen molar-refractivity contribution in [1.82, 2.24) is 0 Å². The molecule has 0 fully saturated rings. The van der Waals surface area contributed by atoms with E-state index in [2.05, 4.69) is 0 Å². The number of hydrogen-bond acceptors (Lipinski definition) is 3. The molecule has 0 bridgehead atoms. The van der Waals surface area contributed by atoms with E-state index in [0.717, 1.165) is 12.1 Å². The van der Waals surface area contributed by atoms with Crippen LogP contribution in [0.25, 0.3) is 0 Å². The van der Waals surface area contributed by atoms with Gasteiger partial charge in [-0.05, 0) is 26.0 Å². The Balaban J connectivity index is 3.21. The van der Waals surface area contributed by atoms with Crippen LogP contribution in [0.4, 0.5) is 4.39 Å². The predicted octanol–water partition coefficient (Wildman–Crippen LogP) is 2.32. The molecule has 0 aliphatic rings. The third-order valence-corrected chi connectivity index (χ3v) is 1.85. The minimum Gasteiger partial charge on any atom is -0.491 e. The van der Waals surface area contributed by atoms with Gasteiger partial charge in [0.15, 0.2) is 11.5 Å². The Morgan fingerprint density at radius 3 is 2.00 bits per heavy atom. The lowest BCUT2D eigenvalue weighted by Crippen LogP contribution is -2.04. The third kappa shape index (κ3) is 2.62. The van der Waals surface area contributed by atoms with Gasteiger partial charge in [0.2, 0.25) is 5.82 Å². The number of carboxylic acids is 1. The normalized spacial score (nSPS) is 9.94. The molecular formula is C11H13FO4. The molecule has 0 aliphatic carbocycles. The lowest BCUT2D eigenvalue weighted by Gasteiger charge is -2.10. The molecule has 88 valence electrons. The van der Waals surface area contributed by atoms with Gasteiger partial charge < -0.3 is 14.6 Å². The molecule has 5 heteroatoms. The van der Waals surface area contributed by atoms with Crippen molar-refractivity contribution in [2.75, 3.05) is 13.2 Å². The van der Waals surface area contributed by atoms with Crippen molar-refractivity contribution in [1.29, 1.82) is 0 Å². The smallest absolute Gasteiger partial charge is 0.335 e. The largest absolute Gasteiger partial charge is 0.491 e. The van der Waals surface area contributed by atoms with Crippen molar-refractivity contribution in [2.45, 2.75) is 13.8 Å². The first-order valence-corrected chi connectivity index (χ1v) is 4.92. The molecule has 1 aromatic carbocycles. The first kappa shape index (κ1) is 12.3. The van der Waals surface area contributed by atoms with Gasteiger partial charge in [0.1, 0.15) is 0 Å². The van der Waals surface area contributed by atoms with Crippen molar-refractivity contribution in [3.63, 3.8) is 0 Å². The van der Waals surface area contributed by atoms with Crippen LogP contribution in [0.15, 0.2) is 12.1 Å². The van der Waals surface area contributed by atoms with E-state index < -0.39 is 11.8 Å². The molecule has 0 heterocycles. The average Bonchev–Trinajstić information content (AvgIpc) is 2.24. The monoisotopic (exact) mass is 228 g/mol. The van der Waals surface area contributed by atoms with E-state index in [-0.39, 0.29) is 30.3 Å². The average molecular weight is 228 g/mol. The molecule has 0 saturated carbocycles. The summed E-state index contributed by atoms with van der Waals surface area (Å²) in [6.45, 7) is 3.89. The Morgan fingerprint density at radius 2 is 1.69 bits per heavy atom. The zero-order valence-electron chi connectivity index (χ0n) is 9.12. The molecule has 16 heavy (non-hydrogen) atoms. The Labute approximate surface area is 92.6 Å². The summed E-state index contributed by atoms with van der Waals surface area (Å²) in [5, 5.41) is 8.83. The van der Waals surface area contributed by atoms with Gasteiger partial charge >= 0.3 is 5.97 Å². The summed E-state index contributed by atoms with van der Waals surface area (Å²) < 4.78 is 23.6. The minimum absolute atomic E-state index is 0.0618. The van der Waals surface area contributed by atoms with Crippen LogP contribution >= 0.6 is 0 Å². The van der Waals surface area contributed by atoms with Crippen LogP contribution in [0.1, 0.15) is 24.2 Å². The Kier molecular flexibility index (Phi) is 4.10. The van der Waals surface area contributed by atoms with Gasteiger partial charge in [-0.1, -0.05) is 0 Å². The van der Waals surface area contributed by atoms with E-state index in [1.54, 1.807) is 13.8 Å². The van der Waals surface area contributed by atoms with Crippen LogP contribution in [0.2, 0.25) is 0 Å². The maximum Gasteiger partial charge on any atom is 0.335 e. The predicted molar refractivity (Wildman–Crippen MR) is 55.7 cm³/mol. The first-order valence-electron chi connectivity index (χ1n) is 4.92. The number of carboxylic acid groups (broad SMARTS) is 1. The number of aromatic carboxylic acids is 1. The van der Waals surface area contributed by atoms with Gasteiger partial charge in [-0.15, -0.1) is 0 Å². The van der Waals surface area contributed by atoms with E-state index in [4.69, 9.17) is 14.6 Å². The van der Waals surface area contributed by atoms with Crippen LogP contribution in [0, 0.1) is 5.82 Å². The fourth-order valence-electron chi connectivity index (χ4n) is 1.22. The van der Waals surface area contributed by atoms with Gasteiger partial charge in [-0.3, -0.25) is 0 Å². The fourth-order valence-corrected chi connectivity index (χ4v) is 1.22.